The molecule has 0 bridgehead atoms. The molecular formula is C19H22N6O2. The second kappa shape index (κ2) is 7.71. The van der Waals surface area contributed by atoms with Crippen LogP contribution in [0.15, 0.2) is 42.7 Å². The van der Waals surface area contributed by atoms with Crippen LogP contribution in [0.5, 0.6) is 0 Å². The fourth-order valence-corrected chi connectivity index (χ4v) is 3.54. The van der Waals surface area contributed by atoms with Crippen LogP contribution in [0.3, 0.4) is 0 Å². The molecule has 1 aromatic heterocycles. The summed E-state index contributed by atoms with van der Waals surface area (Å²) in [6.07, 6.45) is 3.74. The lowest BCUT2D eigenvalue weighted by Gasteiger charge is -2.34. The van der Waals surface area contributed by atoms with Crippen LogP contribution in [0.2, 0.25) is 0 Å². The lowest BCUT2D eigenvalue weighted by molar-refractivity contribution is -0.123. The molecule has 0 spiro atoms. The quantitative estimate of drug-likeness (QED) is 0.832. The number of aromatic nitrogens is 2. The average Bonchev–Trinajstić information content (AvgIpc) is 2.69. The first-order valence-corrected chi connectivity index (χ1v) is 9.11. The molecule has 2 N–H and O–H groups in total. The molecule has 8 nitrogen and oxygen atoms in total. The van der Waals surface area contributed by atoms with Crippen LogP contribution in [0, 0.1) is 0 Å². The number of hydrogen-bond acceptors (Lipinski definition) is 6. The number of nitrogens with one attached hydrogen (secondary N) is 2. The van der Waals surface area contributed by atoms with Crippen molar-refractivity contribution in [3.8, 4) is 0 Å². The number of anilines is 2. The van der Waals surface area contributed by atoms with E-state index in [1.54, 1.807) is 18.5 Å². The topological polar surface area (TPSA) is 90.5 Å². The second-order valence-corrected chi connectivity index (χ2v) is 6.77. The standard InChI is InChI=1S/C19H22N6O2/c26-17-12-16(14-4-1-2-5-15(14)22-17)23-18(27)13-24-8-10-25(11-9-24)19-20-6-3-7-21-19/h1-7,16H,8-13H2,(H,22,26)(H,23,27)/t16-/m1/s1. The van der Waals surface area contributed by atoms with E-state index in [9.17, 15) is 9.59 Å². The van der Waals surface area contributed by atoms with Gasteiger partial charge in [-0.1, -0.05) is 18.2 Å². The van der Waals surface area contributed by atoms with Crippen molar-refractivity contribution in [2.75, 3.05) is 42.9 Å². The Morgan fingerprint density at radius 3 is 2.63 bits per heavy atom. The van der Waals surface area contributed by atoms with E-state index in [0.29, 0.717) is 6.54 Å². The second-order valence-electron chi connectivity index (χ2n) is 6.77. The number of hydrogen-bond donors (Lipinski definition) is 2. The van der Waals surface area contributed by atoms with Gasteiger partial charge in [0.1, 0.15) is 0 Å². The molecule has 0 saturated carbocycles. The van der Waals surface area contributed by atoms with Gasteiger partial charge in [-0.25, -0.2) is 9.97 Å². The van der Waals surface area contributed by atoms with E-state index in [1.165, 1.54) is 0 Å². The van der Waals surface area contributed by atoms with Gasteiger partial charge in [-0.05, 0) is 17.7 Å². The highest BCUT2D eigenvalue weighted by molar-refractivity contribution is 5.95. The summed E-state index contributed by atoms with van der Waals surface area (Å²) >= 11 is 0. The van der Waals surface area contributed by atoms with Crippen molar-refractivity contribution in [1.82, 2.24) is 20.2 Å². The Kier molecular flexibility index (Phi) is 4.97. The van der Waals surface area contributed by atoms with Gasteiger partial charge in [0.15, 0.2) is 0 Å². The molecule has 27 heavy (non-hydrogen) atoms. The molecule has 0 aliphatic carbocycles. The molecule has 0 radical (unpaired) electrons. The number of fused-ring (bicyclic) bond motifs is 1. The maximum Gasteiger partial charge on any atom is 0.234 e. The largest absolute Gasteiger partial charge is 0.348 e. The van der Waals surface area contributed by atoms with Crippen LogP contribution in [0.1, 0.15) is 18.0 Å². The molecule has 1 aromatic carbocycles. The number of rotatable bonds is 4. The van der Waals surface area contributed by atoms with Crippen LogP contribution in [-0.2, 0) is 9.59 Å². The molecular weight excluding hydrogens is 344 g/mol. The Morgan fingerprint density at radius 1 is 1.11 bits per heavy atom. The third-order valence-corrected chi connectivity index (χ3v) is 4.91. The molecule has 4 rings (SSSR count). The van der Waals surface area contributed by atoms with Crippen LogP contribution >= 0.6 is 0 Å². The summed E-state index contributed by atoms with van der Waals surface area (Å²) in [5.74, 6) is 0.593. The van der Waals surface area contributed by atoms with Crippen molar-refractivity contribution in [3.63, 3.8) is 0 Å². The van der Waals surface area contributed by atoms with Gasteiger partial charge in [0.2, 0.25) is 17.8 Å². The summed E-state index contributed by atoms with van der Waals surface area (Å²) < 4.78 is 0. The zero-order valence-electron chi connectivity index (χ0n) is 15.0. The fraction of sp³-hybridized carbons (Fsp3) is 0.368. The summed E-state index contributed by atoms with van der Waals surface area (Å²) in [5, 5.41) is 5.86. The Morgan fingerprint density at radius 2 is 1.85 bits per heavy atom. The minimum Gasteiger partial charge on any atom is -0.348 e. The van der Waals surface area contributed by atoms with E-state index in [1.807, 2.05) is 24.3 Å². The summed E-state index contributed by atoms with van der Waals surface area (Å²) in [6, 6.07) is 9.11. The molecule has 2 aliphatic rings. The van der Waals surface area contributed by atoms with Gasteiger partial charge in [-0.15, -0.1) is 0 Å². The van der Waals surface area contributed by atoms with Crippen LogP contribution in [0.4, 0.5) is 11.6 Å². The van der Waals surface area contributed by atoms with Crippen molar-refractivity contribution in [2.45, 2.75) is 12.5 Å². The minimum absolute atomic E-state index is 0.0612. The van der Waals surface area contributed by atoms with E-state index in [2.05, 4.69) is 30.4 Å². The van der Waals surface area contributed by atoms with E-state index >= 15 is 0 Å². The van der Waals surface area contributed by atoms with Gasteiger partial charge in [0.25, 0.3) is 0 Å². The first-order valence-electron chi connectivity index (χ1n) is 9.11. The highest BCUT2D eigenvalue weighted by Crippen LogP contribution is 2.29. The van der Waals surface area contributed by atoms with Crippen molar-refractivity contribution in [1.29, 1.82) is 0 Å². The predicted octanol–water partition coefficient (Wildman–Crippen LogP) is 0.798. The van der Waals surface area contributed by atoms with Gasteiger partial charge in [-0.3, -0.25) is 14.5 Å². The molecule has 8 heteroatoms. The van der Waals surface area contributed by atoms with Crippen LogP contribution in [-0.4, -0.2) is 59.4 Å². The highest BCUT2D eigenvalue weighted by atomic mass is 16.2. The molecule has 2 amide bonds. The van der Waals surface area contributed by atoms with E-state index in [0.717, 1.165) is 43.4 Å². The average molecular weight is 366 g/mol. The Balaban J connectivity index is 1.31. The molecule has 1 saturated heterocycles. The predicted molar refractivity (Wildman–Crippen MR) is 101 cm³/mol. The van der Waals surface area contributed by atoms with Gasteiger partial charge < -0.3 is 15.5 Å². The summed E-state index contributed by atoms with van der Waals surface area (Å²) in [6.45, 7) is 3.43. The molecule has 140 valence electrons. The molecule has 3 heterocycles. The normalized spacial score (nSPS) is 19.9. The van der Waals surface area contributed by atoms with E-state index < -0.39 is 0 Å². The lowest BCUT2D eigenvalue weighted by atomic mass is 9.97. The number of nitrogens with zero attached hydrogens (tertiary/aromatic N) is 4. The van der Waals surface area contributed by atoms with E-state index in [4.69, 9.17) is 0 Å². The Bertz CT molecular complexity index is 820. The number of para-hydroxylation sites is 1. The number of piperazine rings is 1. The first kappa shape index (κ1) is 17.4. The number of carbonyl (C=O) groups excluding carboxylic acids is 2. The third kappa shape index (κ3) is 4.06. The van der Waals surface area contributed by atoms with Gasteiger partial charge in [0, 0.05) is 44.3 Å². The van der Waals surface area contributed by atoms with Crippen molar-refractivity contribution >= 4 is 23.5 Å². The smallest absolute Gasteiger partial charge is 0.234 e. The summed E-state index contributed by atoms with van der Waals surface area (Å²) in [4.78, 5) is 37.2. The maximum absolute atomic E-state index is 12.5. The Labute approximate surface area is 157 Å². The summed E-state index contributed by atoms with van der Waals surface area (Å²) in [5.41, 5.74) is 1.73. The van der Waals surface area contributed by atoms with Crippen LogP contribution < -0.4 is 15.5 Å². The molecule has 1 fully saturated rings. The number of benzene rings is 1. The van der Waals surface area contributed by atoms with E-state index in [-0.39, 0.29) is 24.3 Å². The van der Waals surface area contributed by atoms with Gasteiger partial charge in [-0.2, -0.15) is 0 Å². The molecule has 2 aromatic rings. The van der Waals surface area contributed by atoms with Crippen molar-refractivity contribution in [2.24, 2.45) is 0 Å². The van der Waals surface area contributed by atoms with Crippen LogP contribution in [0.25, 0.3) is 0 Å². The first-order chi connectivity index (χ1) is 13.2. The maximum atomic E-state index is 12.5. The Hall–Kier alpha value is -3.00. The molecule has 1 atom stereocenters. The molecule has 0 unspecified atom stereocenters. The number of amides is 2. The fourth-order valence-electron chi connectivity index (χ4n) is 3.54. The monoisotopic (exact) mass is 366 g/mol. The van der Waals surface area contributed by atoms with Crippen molar-refractivity contribution < 1.29 is 9.59 Å². The van der Waals surface area contributed by atoms with Gasteiger partial charge in [0.05, 0.1) is 19.0 Å². The summed E-state index contributed by atoms with van der Waals surface area (Å²) in [7, 11) is 0. The highest BCUT2D eigenvalue weighted by Gasteiger charge is 2.27. The molecule has 2 aliphatic heterocycles. The third-order valence-electron chi connectivity index (χ3n) is 4.91. The van der Waals surface area contributed by atoms with Gasteiger partial charge >= 0.3 is 0 Å². The zero-order valence-corrected chi connectivity index (χ0v) is 15.0. The number of carbonyl (C=O) groups is 2. The minimum atomic E-state index is -0.276. The van der Waals surface area contributed by atoms with Crippen molar-refractivity contribution in [3.05, 3.63) is 48.3 Å². The zero-order chi connectivity index (χ0) is 18.6. The lowest BCUT2D eigenvalue weighted by Crippen LogP contribution is -2.50. The SMILES string of the molecule is O=C1C[C@@H](NC(=O)CN2CCN(c3ncccn3)CC2)c2ccccc2N1.